The summed E-state index contributed by atoms with van der Waals surface area (Å²) in [6.07, 6.45) is 1.58. The second-order valence-corrected chi connectivity index (χ2v) is 7.81. The number of benzene rings is 3. The standard InChI is InChI=1S/C26H23ClN2O4/c1-2-32-23-15-20(13-21(27)24(23)33-17-19-11-7-4-8-12-19)14-22-25(30)29(26(31)28-22)16-18-9-5-3-6-10-18/h3-15H,2,16-17H2,1H3,(H,28,31)/b22-14-. The van der Waals surface area contributed by atoms with Crippen molar-refractivity contribution in [3.63, 3.8) is 0 Å². The molecule has 168 valence electrons. The zero-order valence-corrected chi connectivity index (χ0v) is 18.8. The number of amides is 3. The topological polar surface area (TPSA) is 67.9 Å². The van der Waals surface area contributed by atoms with E-state index in [1.807, 2.05) is 67.6 Å². The zero-order valence-electron chi connectivity index (χ0n) is 18.1. The fourth-order valence-electron chi connectivity index (χ4n) is 3.45. The van der Waals surface area contributed by atoms with E-state index in [1.165, 1.54) is 4.90 Å². The lowest BCUT2D eigenvalue weighted by atomic mass is 10.1. The van der Waals surface area contributed by atoms with E-state index in [0.717, 1.165) is 11.1 Å². The van der Waals surface area contributed by atoms with Crippen molar-refractivity contribution in [3.05, 3.63) is 100 Å². The van der Waals surface area contributed by atoms with Crippen molar-refractivity contribution in [1.29, 1.82) is 0 Å². The van der Waals surface area contributed by atoms with Gasteiger partial charge >= 0.3 is 6.03 Å². The zero-order chi connectivity index (χ0) is 23.2. The Labute approximate surface area is 197 Å². The number of carbonyl (C=O) groups is 2. The van der Waals surface area contributed by atoms with Crippen LogP contribution in [0, 0.1) is 0 Å². The molecule has 6 nitrogen and oxygen atoms in total. The molecule has 3 amide bonds. The lowest BCUT2D eigenvalue weighted by molar-refractivity contribution is -0.123. The van der Waals surface area contributed by atoms with Gasteiger partial charge in [-0.1, -0.05) is 72.3 Å². The Balaban J connectivity index is 1.56. The molecule has 0 aromatic heterocycles. The van der Waals surface area contributed by atoms with E-state index in [-0.39, 0.29) is 12.2 Å². The van der Waals surface area contributed by atoms with Gasteiger partial charge in [-0.2, -0.15) is 0 Å². The predicted octanol–water partition coefficient (Wildman–Crippen LogP) is 5.41. The highest BCUT2D eigenvalue weighted by Gasteiger charge is 2.33. The van der Waals surface area contributed by atoms with Crippen molar-refractivity contribution >= 4 is 29.6 Å². The number of hydrogen-bond donors (Lipinski definition) is 1. The minimum atomic E-state index is -0.464. The second kappa shape index (κ2) is 10.2. The van der Waals surface area contributed by atoms with Crippen LogP contribution in [0.2, 0.25) is 5.02 Å². The van der Waals surface area contributed by atoms with Crippen LogP contribution in [0.25, 0.3) is 6.08 Å². The molecule has 1 heterocycles. The van der Waals surface area contributed by atoms with Gasteiger partial charge in [0.25, 0.3) is 5.91 Å². The van der Waals surface area contributed by atoms with Crippen molar-refractivity contribution in [2.24, 2.45) is 0 Å². The molecule has 7 heteroatoms. The first kappa shape index (κ1) is 22.4. The molecular formula is C26H23ClN2O4. The summed E-state index contributed by atoms with van der Waals surface area (Å²) in [5, 5.41) is 2.99. The summed E-state index contributed by atoms with van der Waals surface area (Å²) >= 11 is 6.51. The minimum Gasteiger partial charge on any atom is -0.490 e. The Morgan fingerprint density at radius 3 is 2.27 bits per heavy atom. The van der Waals surface area contributed by atoms with Crippen LogP contribution in [0.1, 0.15) is 23.6 Å². The Hall–Kier alpha value is -3.77. The minimum absolute atomic E-state index is 0.174. The summed E-state index contributed by atoms with van der Waals surface area (Å²) in [5.74, 6) is 0.491. The molecule has 4 rings (SSSR count). The summed E-state index contributed by atoms with van der Waals surface area (Å²) in [4.78, 5) is 26.4. The molecule has 1 fully saturated rings. The SMILES string of the molecule is CCOc1cc(/C=C2\NC(=O)N(Cc3ccccc3)C2=O)cc(Cl)c1OCc1ccccc1. The molecule has 0 bridgehead atoms. The van der Waals surface area contributed by atoms with Gasteiger partial charge in [0.2, 0.25) is 0 Å². The van der Waals surface area contributed by atoms with E-state index >= 15 is 0 Å². The second-order valence-electron chi connectivity index (χ2n) is 7.40. The average molecular weight is 463 g/mol. The Morgan fingerprint density at radius 2 is 1.61 bits per heavy atom. The van der Waals surface area contributed by atoms with Gasteiger partial charge < -0.3 is 14.8 Å². The highest BCUT2D eigenvalue weighted by Crippen LogP contribution is 2.38. The largest absolute Gasteiger partial charge is 0.490 e. The lowest BCUT2D eigenvalue weighted by Crippen LogP contribution is -2.30. The van der Waals surface area contributed by atoms with Crippen molar-refractivity contribution in [2.75, 3.05) is 6.61 Å². The maximum atomic E-state index is 12.8. The van der Waals surface area contributed by atoms with Gasteiger partial charge in [0, 0.05) is 0 Å². The van der Waals surface area contributed by atoms with Crippen LogP contribution in [0.5, 0.6) is 11.5 Å². The van der Waals surface area contributed by atoms with Crippen LogP contribution in [-0.4, -0.2) is 23.4 Å². The number of carbonyl (C=O) groups excluding carboxylic acids is 2. The van der Waals surface area contributed by atoms with Gasteiger partial charge in [-0.3, -0.25) is 9.69 Å². The van der Waals surface area contributed by atoms with E-state index < -0.39 is 11.9 Å². The third-order valence-electron chi connectivity index (χ3n) is 5.01. The number of hydrogen-bond acceptors (Lipinski definition) is 4. The first-order valence-electron chi connectivity index (χ1n) is 10.6. The maximum absolute atomic E-state index is 12.8. The van der Waals surface area contributed by atoms with Crippen molar-refractivity contribution in [1.82, 2.24) is 10.2 Å². The fraction of sp³-hybridized carbons (Fsp3) is 0.154. The van der Waals surface area contributed by atoms with Crippen LogP contribution in [0.4, 0.5) is 4.79 Å². The van der Waals surface area contributed by atoms with Gasteiger partial charge in [0.15, 0.2) is 11.5 Å². The third kappa shape index (κ3) is 5.35. The van der Waals surface area contributed by atoms with Gasteiger partial charge in [-0.15, -0.1) is 0 Å². The normalized spacial score (nSPS) is 14.5. The van der Waals surface area contributed by atoms with Crippen LogP contribution < -0.4 is 14.8 Å². The molecule has 1 N–H and O–H groups in total. The van der Waals surface area contributed by atoms with E-state index in [2.05, 4.69) is 5.32 Å². The van der Waals surface area contributed by atoms with E-state index in [9.17, 15) is 9.59 Å². The maximum Gasteiger partial charge on any atom is 0.329 e. The highest BCUT2D eigenvalue weighted by molar-refractivity contribution is 6.32. The molecule has 1 aliphatic heterocycles. The summed E-state index contributed by atoms with van der Waals surface area (Å²) in [5.41, 5.74) is 2.65. The monoisotopic (exact) mass is 462 g/mol. The molecule has 3 aromatic rings. The number of nitrogens with one attached hydrogen (secondary N) is 1. The van der Waals surface area contributed by atoms with Gasteiger partial charge in [0.05, 0.1) is 18.2 Å². The van der Waals surface area contributed by atoms with Crippen LogP contribution in [0.15, 0.2) is 78.5 Å². The fourth-order valence-corrected chi connectivity index (χ4v) is 3.73. The summed E-state index contributed by atoms with van der Waals surface area (Å²) in [7, 11) is 0. The van der Waals surface area contributed by atoms with Gasteiger partial charge in [0.1, 0.15) is 12.3 Å². The summed E-state index contributed by atoms with van der Waals surface area (Å²) in [6, 6.07) is 22.0. The molecular weight excluding hydrogens is 440 g/mol. The number of urea groups is 1. The molecule has 0 radical (unpaired) electrons. The Morgan fingerprint density at radius 1 is 0.939 bits per heavy atom. The molecule has 1 aliphatic rings. The van der Waals surface area contributed by atoms with Gasteiger partial charge in [-0.25, -0.2) is 4.79 Å². The molecule has 3 aromatic carbocycles. The molecule has 1 saturated heterocycles. The van der Waals surface area contributed by atoms with Crippen molar-refractivity contribution < 1.29 is 19.1 Å². The molecule has 33 heavy (non-hydrogen) atoms. The predicted molar refractivity (Wildman–Crippen MR) is 127 cm³/mol. The smallest absolute Gasteiger partial charge is 0.329 e. The Kier molecular flexibility index (Phi) is 6.95. The summed E-state index contributed by atoms with van der Waals surface area (Å²) < 4.78 is 11.7. The van der Waals surface area contributed by atoms with E-state index in [4.69, 9.17) is 21.1 Å². The first-order valence-corrected chi connectivity index (χ1v) is 10.9. The molecule has 0 saturated carbocycles. The Bertz CT molecular complexity index is 1180. The first-order chi connectivity index (χ1) is 16.0. The molecule has 0 aliphatic carbocycles. The average Bonchev–Trinajstić information content (AvgIpc) is 3.07. The molecule has 0 atom stereocenters. The lowest BCUT2D eigenvalue weighted by Gasteiger charge is -2.15. The molecule has 0 unspecified atom stereocenters. The summed E-state index contributed by atoms with van der Waals surface area (Å²) in [6.45, 7) is 2.81. The van der Waals surface area contributed by atoms with Gasteiger partial charge in [-0.05, 0) is 41.8 Å². The third-order valence-corrected chi connectivity index (χ3v) is 5.30. The number of rotatable bonds is 8. The van der Waals surface area contributed by atoms with Crippen LogP contribution >= 0.6 is 11.6 Å². The van der Waals surface area contributed by atoms with Crippen molar-refractivity contribution in [3.8, 4) is 11.5 Å². The van der Waals surface area contributed by atoms with E-state index in [1.54, 1.807) is 18.2 Å². The quantitative estimate of drug-likeness (QED) is 0.359. The number of imide groups is 1. The number of ether oxygens (including phenoxy) is 2. The molecule has 0 spiro atoms. The van der Waals surface area contributed by atoms with Crippen LogP contribution in [-0.2, 0) is 17.9 Å². The van der Waals surface area contributed by atoms with E-state index in [0.29, 0.717) is 35.3 Å². The highest BCUT2D eigenvalue weighted by atomic mass is 35.5. The van der Waals surface area contributed by atoms with Crippen LogP contribution in [0.3, 0.4) is 0 Å². The number of nitrogens with zero attached hydrogens (tertiary/aromatic N) is 1. The van der Waals surface area contributed by atoms with Crippen molar-refractivity contribution in [2.45, 2.75) is 20.1 Å². The number of halogens is 1.